The van der Waals surface area contributed by atoms with E-state index in [9.17, 15) is 0 Å². The molecule has 0 atom stereocenters. The van der Waals surface area contributed by atoms with Gasteiger partial charge in [0, 0.05) is 19.8 Å². The maximum absolute atomic E-state index is 5.77. The lowest BCUT2D eigenvalue weighted by Gasteiger charge is -2.18. The van der Waals surface area contributed by atoms with Crippen LogP contribution < -0.4 is 4.90 Å². The Kier molecular flexibility index (Phi) is 3.59. The summed E-state index contributed by atoms with van der Waals surface area (Å²) >= 11 is 5.77. The van der Waals surface area contributed by atoms with Gasteiger partial charge in [0.2, 0.25) is 5.28 Å². The Morgan fingerprint density at radius 1 is 1.29 bits per heavy atom. The SMILES string of the molecule is Cc1cccc(CN(C)c2ccnc(Cl)n2)c1. The molecule has 4 heteroatoms. The predicted octanol–water partition coefficient (Wildman–Crippen LogP) is 3.07. The first kappa shape index (κ1) is 11.9. The van der Waals surface area contributed by atoms with E-state index in [1.165, 1.54) is 11.1 Å². The molecule has 1 heterocycles. The molecule has 2 rings (SSSR count). The molecule has 2 aromatic rings. The van der Waals surface area contributed by atoms with E-state index in [0.29, 0.717) is 0 Å². The highest BCUT2D eigenvalue weighted by Gasteiger charge is 2.04. The molecule has 88 valence electrons. The van der Waals surface area contributed by atoms with E-state index in [1.807, 2.05) is 18.0 Å². The average molecular weight is 248 g/mol. The summed E-state index contributed by atoms with van der Waals surface area (Å²) in [6.45, 7) is 2.89. The van der Waals surface area contributed by atoms with Gasteiger partial charge in [-0.25, -0.2) is 9.97 Å². The first-order chi connectivity index (χ1) is 8.15. The Hall–Kier alpha value is -1.61. The summed E-state index contributed by atoms with van der Waals surface area (Å²) in [7, 11) is 1.99. The molecule has 17 heavy (non-hydrogen) atoms. The second-order valence-electron chi connectivity index (χ2n) is 4.03. The summed E-state index contributed by atoms with van der Waals surface area (Å²) in [5.74, 6) is 0.825. The van der Waals surface area contributed by atoms with Crippen LogP contribution in [0.15, 0.2) is 36.5 Å². The standard InChI is InChI=1S/C13H14ClN3/c1-10-4-3-5-11(8-10)9-17(2)12-6-7-15-13(14)16-12/h3-8H,9H2,1-2H3. The van der Waals surface area contributed by atoms with Crippen molar-refractivity contribution in [2.24, 2.45) is 0 Å². The van der Waals surface area contributed by atoms with Gasteiger partial charge in [-0.3, -0.25) is 0 Å². The zero-order valence-electron chi connectivity index (χ0n) is 9.89. The molecule has 0 unspecified atom stereocenters. The first-order valence-electron chi connectivity index (χ1n) is 5.40. The van der Waals surface area contributed by atoms with E-state index in [-0.39, 0.29) is 5.28 Å². The highest BCUT2D eigenvalue weighted by Crippen LogP contribution is 2.14. The van der Waals surface area contributed by atoms with Crippen LogP contribution in [0, 0.1) is 6.92 Å². The molecule has 0 N–H and O–H groups in total. The monoisotopic (exact) mass is 247 g/mol. The maximum Gasteiger partial charge on any atom is 0.224 e. The minimum atomic E-state index is 0.276. The quantitative estimate of drug-likeness (QED) is 0.781. The molecule has 0 saturated heterocycles. The lowest BCUT2D eigenvalue weighted by molar-refractivity contribution is 0.890. The van der Waals surface area contributed by atoms with Gasteiger partial charge in [-0.05, 0) is 30.2 Å². The van der Waals surface area contributed by atoms with Crippen LogP contribution in [0.2, 0.25) is 5.28 Å². The van der Waals surface area contributed by atoms with Gasteiger partial charge in [0.25, 0.3) is 0 Å². The molecule has 0 aliphatic heterocycles. The van der Waals surface area contributed by atoms with Crippen LogP contribution in [-0.2, 0) is 6.54 Å². The number of anilines is 1. The van der Waals surface area contributed by atoms with E-state index < -0.39 is 0 Å². The minimum Gasteiger partial charge on any atom is -0.355 e. The van der Waals surface area contributed by atoms with E-state index in [4.69, 9.17) is 11.6 Å². The second kappa shape index (κ2) is 5.15. The summed E-state index contributed by atoms with van der Waals surface area (Å²) in [5.41, 5.74) is 2.51. The van der Waals surface area contributed by atoms with Gasteiger partial charge in [-0.2, -0.15) is 0 Å². The molecular formula is C13H14ClN3. The molecule has 0 amide bonds. The Morgan fingerprint density at radius 2 is 2.12 bits per heavy atom. The number of aryl methyl sites for hydroxylation is 1. The number of aromatic nitrogens is 2. The number of halogens is 1. The molecule has 0 saturated carbocycles. The topological polar surface area (TPSA) is 29.0 Å². The summed E-state index contributed by atoms with van der Waals surface area (Å²) in [5, 5.41) is 0.276. The normalized spacial score (nSPS) is 10.3. The Balaban J connectivity index is 2.14. The third kappa shape index (κ3) is 3.17. The molecule has 1 aromatic heterocycles. The Bertz CT molecular complexity index is 514. The smallest absolute Gasteiger partial charge is 0.224 e. The van der Waals surface area contributed by atoms with Crippen LogP contribution in [0.25, 0.3) is 0 Å². The molecule has 0 aliphatic carbocycles. The molecular weight excluding hydrogens is 234 g/mol. The molecule has 0 bridgehead atoms. The molecule has 3 nitrogen and oxygen atoms in total. The minimum absolute atomic E-state index is 0.276. The highest BCUT2D eigenvalue weighted by molar-refractivity contribution is 6.28. The highest BCUT2D eigenvalue weighted by atomic mass is 35.5. The van der Waals surface area contributed by atoms with Crippen LogP contribution in [0.5, 0.6) is 0 Å². The van der Waals surface area contributed by atoms with E-state index >= 15 is 0 Å². The van der Waals surface area contributed by atoms with Gasteiger partial charge < -0.3 is 4.90 Å². The third-order valence-corrected chi connectivity index (χ3v) is 2.69. The fraction of sp³-hybridized carbons (Fsp3) is 0.231. The number of nitrogens with zero attached hydrogens (tertiary/aromatic N) is 3. The third-order valence-electron chi connectivity index (χ3n) is 2.50. The lowest BCUT2D eigenvalue weighted by Crippen LogP contribution is -2.17. The molecule has 1 aromatic carbocycles. The zero-order valence-corrected chi connectivity index (χ0v) is 10.6. The molecule has 0 aliphatic rings. The summed E-state index contributed by atoms with van der Waals surface area (Å²) in [6, 6.07) is 10.3. The van der Waals surface area contributed by atoms with Crippen molar-refractivity contribution >= 4 is 17.4 Å². The van der Waals surface area contributed by atoms with Gasteiger partial charge in [-0.15, -0.1) is 0 Å². The Labute approximate surface area is 106 Å². The van der Waals surface area contributed by atoms with Crippen molar-refractivity contribution in [3.63, 3.8) is 0 Å². The van der Waals surface area contributed by atoms with Crippen LogP contribution in [0.4, 0.5) is 5.82 Å². The van der Waals surface area contributed by atoms with Crippen molar-refractivity contribution < 1.29 is 0 Å². The fourth-order valence-corrected chi connectivity index (χ4v) is 1.85. The van der Waals surface area contributed by atoms with Gasteiger partial charge in [0.15, 0.2) is 0 Å². The van der Waals surface area contributed by atoms with Gasteiger partial charge in [0.05, 0.1) is 0 Å². The van der Waals surface area contributed by atoms with Crippen molar-refractivity contribution in [3.8, 4) is 0 Å². The van der Waals surface area contributed by atoms with E-state index in [2.05, 4.69) is 41.2 Å². The zero-order chi connectivity index (χ0) is 12.3. The molecule has 0 spiro atoms. The van der Waals surface area contributed by atoms with Crippen molar-refractivity contribution in [2.75, 3.05) is 11.9 Å². The van der Waals surface area contributed by atoms with Crippen LogP contribution in [0.3, 0.4) is 0 Å². The van der Waals surface area contributed by atoms with Crippen LogP contribution >= 0.6 is 11.6 Å². The fourth-order valence-electron chi connectivity index (χ4n) is 1.70. The van der Waals surface area contributed by atoms with Crippen LogP contribution in [-0.4, -0.2) is 17.0 Å². The van der Waals surface area contributed by atoms with E-state index in [0.717, 1.165) is 12.4 Å². The lowest BCUT2D eigenvalue weighted by atomic mass is 10.1. The van der Waals surface area contributed by atoms with Crippen molar-refractivity contribution in [1.29, 1.82) is 0 Å². The summed E-state index contributed by atoms with van der Waals surface area (Å²) in [6.07, 6.45) is 1.66. The molecule has 0 fully saturated rings. The van der Waals surface area contributed by atoms with Crippen molar-refractivity contribution in [1.82, 2.24) is 9.97 Å². The average Bonchev–Trinajstić information content (AvgIpc) is 2.29. The number of rotatable bonds is 3. The van der Waals surface area contributed by atoms with Crippen molar-refractivity contribution in [2.45, 2.75) is 13.5 Å². The molecule has 0 radical (unpaired) electrons. The number of benzene rings is 1. The Morgan fingerprint density at radius 3 is 2.82 bits per heavy atom. The summed E-state index contributed by atoms with van der Waals surface area (Å²) in [4.78, 5) is 10.1. The summed E-state index contributed by atoms with van der Waals surface area (Å²) < 4.78 is 0. The first-order valence-corrected chi connectivity index (χ1v) is 5.78. The van der Waals surface area contributed by atoms with Gasteiger partial charge in [-0.1, -0.05) is 29.8 Å². The predicted molar refractivity (Wildman–Crippen MR) is 70.3 cm³/mol. The largest absolute Gasteiger partial charge is 0.355 e. The second-order valence-corrected chi connectivity index (χ2v) is 4.37. The number of hydrogen-bond acceptors (Lipinski definition) is 3. The van der Waals surface area contributed by atoms with Gasteiger partial charge in [0.1, 0.15) is 5.82 Å². The van der Waals surface area contributed by atoms with Gasteiger partial charge >= 0.3 is 0 Å². The maximum atomic E-state index is 5.77. The van der Waals surface area contributed by atoms with E-state index in [1.54, 1.807) is 6.20 Å². The van der Waals surface area contributed by atoms with Crippen LogP contribution in [0.1, 0.15) is 11.1 Å². The number of hydrogen-bond donors (Lipinski definition) is 0. The van der Waals surface area contributed by atoms with Crippen molar-refractivity contribution in [3.05, 3.63) is 52.9 Å².